The smallest absolute Gasteiger partial charge is 0.230 e. The lowest BCUT2D eigenvalue weighted by Crippen LogP contribution is -2.45. The van der Waals surface area contributed by atoms with Gasteiger partial charge in [-0.1, -0.05) is 25.5 Å². The first-order valence-electron chi connectivity index (χ1n) is 10.2. The number of fused-ring (bicyclic) bond motifs is 1. The number of rotatable bonds is 6. The Bertz CT molecular complexity index is 601. The normalized spacial score (nSPS) is 36.0. The second-order valence-corrected chi connectivity index (χ2v) is 8.32. The van der Waals surface area contributed by atoms with Crippen LogP contribution in [0, 0.1) is 11.8 Å². The largest absolute Gasteiger partial charge is 0.360 e. The van der Waals surface area contributed by atoms with Crippen LogP contribution in [0.25, 0.3) is 0 Å². The average Bonchev–Trinajstić information content (AvgIpc) is 3.29. The zero-order valence-electron chi connectivity index (χ0n) is 16.0. The lowest BCUT2D eigenvalue weighted by molar-refractivity contribution is -0.142. The molecule has 4 heterocycles. The van der Waals surface area contributed by atoms with Gasteiger partial charge in [0.1, 0.15) is 5.60 Å². The topological polar surface area (TPSA) is 53.1 Å². The van der Waals surface area contributed by atoms with Crippen molar-refractivity contribution in [1.29, 1.82) is 0 Å². The fourth-order valence-electron chi connectivity index (χ4n) is 5.19. The van der Waals surface area contributed by atoms with Crippen LogP contribution >= 0.6 is 0 Å². The van der Waals surface area contributed by atoms with Crippen LogP contribution in [0.1, 0.15) is 32.6 Å². The van der Waals surface area contributed by atoms with Gasteiger partial charge in [-0.15, -0.1) is 0 Å². The van der Waals surface area contributed by atoms with E-state index in [1.807, 2.05) is 24.1 Å². The molecule has 6 nitrogen and oxygen atoms in total. The predicted octanol–water partition coefficient (Wildman–Crippen LogP) is 1.12. The molecule has 1 spiro atoms. The number of carbonyl (C=O) groups excluding carboxylic acids is 2. The van der Waals surface area contributed by atoms with Crippen molar-refractivity contribution in [2.45, 2.75) is 44.3 Å². The Morgan fingerprint density at radius 1 is 1.31 bits per heavy atom. The summed E-state index contributed by atoms with van der Waals surface area (Å²) in [5.74, 6) is -0.536. The summed E-state index contributed by atoms with van der Waals surface area (Å²) in [5, 5.41) is 0. The van der Waals surface area contributed by atoms with Crippen LogP contribution in [0.2, 0.25) is 0 Å². The van der Waals surface area contributed by atoms with Crippen LogP contribution in [-0.2, 0) is 14.3 Å². The molecule has 4 aliphatic heterocycles. The Hall–Kier alpha value is -1.40. The maximum atomic E-state index is 13.2. The quantitative estimate of drug-likeness (QED) is 0.666. The van der Waals surface area contributed by atoms with E-state index in [0.717, 1.165) is 39.1 Å². The number of nitrogens with zero attached hydrogens (tertiary/aromatic N) is 3. The number of likely N-dealkylation sites (tertiary alicyclic amines) is 2. The van der Waals surface area contributed by atoms with Gasteiger partial charge in [-0.25, -0.2) is 0 Å². The lowest BCUT2D eigenvalue weighted by atomic mass is 9.76. The van der Waals surface area contributed by atoms with Crippen LogP contribution in [0.5, 0.6) is 0 Å². The van der Waals surface area contributed by atoms with E-state index in [4.69, 9.17) is 4.74 Å². The summed E-state index contributed by atoms with van der Waals surface area (Å²) in [7, 11) is 1.84. The van der Waals surface area contributed by atoms with Crippen molar-refractivity contribution in [1.82, 2.24) is 14.7 Å². The zero-order valence-corrected chi connectivity index (χ0v) is 16.0. The van der Waals surface area contributed by atoms with Crippen molar-refractivity contribution in [2.24, 2.45) is 11.8 Å². The van der Waals surface area contributed by atoms with Crippen molar-refractivity contribution in [3.63, 3.8) is 0 Å². The van der Waals surface area contributed by atoms with Gasteiger partial charge >= 0.3 is 0 Å². The summed E-state index contributed by atoms with van der Waals surface area (Å²) in [4.78, 5) is 32.3. The second-order valence-electron chi connectivity index (χ2n) is 8.32. The van der Waals surface area contributed by atoms with Gasteiger partial charge in [-0.2, -0.15) is 0 Å². The molecule has 3 fully saturated rings. The summed E-state index contributed by atoms with van der Waals surface area (Å²) in [6.07, 6.45) is 8.56. The predicted molar refractivity (Wildman–Crippen MR) is 98.5 cm³/mol. The molecule has 144 valence electrons. The first-order chi connectivity index (χ1) is 12.6. The van der Waals surface area contributed by atoms with Crippen molar-refractivity contribution < 1.29 is 14.3 Å². The maximum absolute atomic E-state index is 13.2. The molecular formula is C20H31N3O3. The molecule has 2 unspecified atom stereocenters. The monoisotopic (exact) mass is 361 g/mol. The molecule has 4 atom stereocenters. The van der Waals surface area contributed by atoms with E-state index < -0.39 is 5.60 Å². The third kappa shape index (κ3) is 2.87. The Kier molecular flexibility index (Phi) is 4.82. The minimum Gasteiger partial charge on any atom is -0.360 e. The second kappa shape index (κ2) is 6.97. The van der Waals surface area contributed by atoms with Crippen molar-refractivity contribution >= 4 is 11.8 Å². The first-order valence-corrected chi connectivity index (χ1v) is 10.2. The van der Waals surface area contributed by atoms with Gasteiger partial charge in [-0.05, 0) is 32.4 Å². The van der Waals surface area contributed by atoms with E-state index in [2.05, 4.69) is 11.8 Å². The molecule has 0 N–H and O–H groups in total. The van der Waals surface area contributed by atoms with Crippen molar-refractivity contribution in [2.75, 3.05) is 46.3 Å². The highest BCUT2D eigenvalue weighted by atomic mass is 16.5. The first kappa shape index (κ1) is 18.0. The SMILES string of the molecule is CCCN(C)C(=O)C1C2C(=O)N(CCN3CCCCC3)C[C@]23C=C[C@H]1O3. The molecule has 0 radical (unpaired) electrons. The van der Waals surface area contributed by atoms with E-state index >= 15 is 0 Å². The van der Waals surface area contributed by atoms with Gasteiger partial charge in [0.15, 0.2) is 0 Å². The van der Waals surface area contributed by atoms with Crippen LogP contribution in [0.4, 0.5) is 0 Å². The number of carbonyl (C=O) groups is 2. The Morgan fingerprint density at radius 3 is 2.81 bits per heavy atom. The minimum absolute atomic E-state index is 0.0549. The van der Waals surface area contributed by atoms with Crippen LogP contribution in [-0.4, -0.2) is 84.5 Å². The molecule has 3 saturated heterocycles. The zero-order chi connectivity index (χ0) is 18.3. The molecule has 2 bridgehead atoms. The van der Waals surface area contributed by atoms with E-state index in [1.54, 1.807) is 4.90 Å². The summed E-state index contributed by atoms with van der Waals surface area (Å²) in [6.45, 7) is 7.32. The van der Waals surface area contributed by atoms with E-state index in [-0.39, 0.29) is 29.8 Å². The van der Waals surface area contributed by atoms with Crippen LogP contribution < -0.4 is 0 Å². The lowest BCUT2D eigenvalue weighted by Gasteiger charge is -2.29. The third-order valence-corrected chi connectivity index (χ3v) is 6.53. The van der Waals surface area contributed by atoms with Gasteiger partial charge in [-0.3, -0.25) is 9.59 Å². The fraction of sp³-hybridized carbons (Fsp3) is 0.800. The third-order valence-electron chi connectivity index (χ3n) is 6.53. The highest BCUT2D eigenvalue weighted by molar-refractivity contribution is 5.93. The van der Waals surface area contributed by atoms with Gasteiger partial charge < -0.3 is 19.4 Å². The standard InChI is InChI=1S/C20H31N3O3/c1-3-9-21(2)18(24)16-15-7-8-20(26-15)14-23(19(25)17(16)20)13-12-22-10-5-4-6-11-22/h7-8,15-17H,3-6,9-14H2,1-2H3/t15-,16?,17?,20-/m1/s1. The maximum Gasteiger partial charge on any atom is 0.230 e. The van der Waals surface area contributed by atoms with Gasteiger partial charge in [0.25, 0.3) is 0 Å². The van der Waals surface area contributed by atoms with Crippen molar-refractivity contribution in [3.05, 3.63) is 12.2 Å². The number of ether oxygens (including phenoxy) is 1. The molecule has 2 amide bonds. The van der Waals surface area contributed by atoms with E-state index in [9.17, 15) is 9.59 Å². The van der Waals surface area contributed by atoms with E-state index in [1.165, 1.54) is 19.3 Å². The fourth-order valence-corrected chi connectivity index (χ4v) is 5.19. The number of amides is 2. The molecular weight excluding hydrogens is 330 g/mol. The highest BCUT2D eigenvalue weighted by Crippen LogP contribution is 2.52. The van der Waals surface area contributed by atoms with Crippen LogP contribution in [0.15, 0.2) is 12.2 Å². The molecule has 26 heavy (non-hydrogen) atoms. The molecule has 0 aromatic rings. The average molecular weight is 361 g/mol. The summed E-state index contributed by atoms with van der Waals surface area (Å²) in [5.41, 5.74) is -0.572. The number of hydrogen-bond acceptors (Lipinski definition) is 4. The molecule has 0 aromatic carbocycles. The van der Waals surface area contributed by atoms with Gasteiger partial charge in [0, 0.05) is 26.7 Å². The van der Waals surface area contributed by atoms with Gasteiger partial charge in [0.2, 0.25) is 11.8 Å². The highest BCUT2D eigenvalue weighted by Gasteiger charge is 2.66. The Morgan fingerprint density at radius 2 is 2.08 bits per heavy atom. The summed E-state index contributed by atoms with van der Waals surface area (Å²) < 4.78 is 6.20. The minimum atomic E-state index is -0.572. The molecule has 0 saturated carbocycles. The molecule has 0 aliphatic carbocycles. The molecule has 4 rings (SSSR count). The van der Waals surface area contributed by atoms with Gasteiger partial charge in [0.05, 0.1) is 24.5 Å². The number of piperidine rings is 1. The van der Waals surface area contributed by atoms with E-state index in [0.29, 0.717) is 6.54 Å². The van der Waals surface area contributed by atoms with Crippen LogP contribution in [0.3, 0.4) is 0 Å². The Labute approximate surface area is 156 Å². The summed E-state index contributed by atoms with van der Waals surface area (Å²) in [6, 6.07) is 0. The molecule has 0 aromatic heterocycles. The van der Waals surface area contributed by atoms with Crippen molar-refractivity contribution in [3.8, 4) is 0 Å². The Balaban J connectivity index is 1.45. The summed E-state index contributed by atoms with van der Waals surface area (Å²) >= 11 is 0. The number of hydrogen-bond donors (Lipinski definition) is 0. The molecule has 6 heteroatoms. The molecule has 4 aliphatic rings.